The summed E-state index contributed by atoms with van der Waals surface area (Å²) in [4.78, 5) is 0. The molecule has 0 amide bonds. The molecule has 0 fully saturated rings. The van der Waals surface area contributed by atoms with Crippen molar-refractivity contribution in [1.29, 1.82) is 0 Å². The summed E-state index contributed by atoms with van der Waals surface area (Å²) in [5, 5.41) is 0. The lowest BCUT2D eigenvalue weighted by atomic mass is 10.7. The molecule has 1 heterocycles. The summed E-state index contributed by atoms with van der Waals surface area (Å²) >= 11 is 0. The lowest BCUT2D eigenvalue weighted by molar-refractivity contribution is 0.709. The molecule has 0 aromatic heterocycles. The zero-order valence-corrected chi connectivity index (χ0v) is 2.81. The Hall–Kier alpha value is -0.500. The highest BCUT2D eigenvalue weighted by Gasteiger charge is 1.81. The standard InChI is InChI=1S/C3H5N2/c1-2-4-5-3-1/h1-2,4H,3H2. The molecule has 5 heavy (non-hydrogen) atoms. The van der Waals surface area contributed by atoms with Crippen LogP contribution in [-0.4, -0.2) is 6.54 Å². The van der Waals surface area contributed by atoms with E-state index < -0.39 is 0 Å². The Labute approximate surface area is 30.8 Å². The van der Waals surface area contributed by atoms with E-state index in [9.17, 15) is 0 Å². The third kappa shape index (κ3) is 0.389. The molecule has 0 unspecified atom stereocenters. The van der Waals surface area contributed by atoms with Crippen molar-refractivity contribution in [3.63, 3.8) is 0 Å². The second kappa shape index (κ2) is 1.08. The van der Waals surface area contributed by atoms with E-state index >= 15 is 0 Å². The zero-order valence-electron chi connectivity index (χ0n) is 2.81. The van der Waals surface area contributed by atoms with Gasteiger partial charge in [0, 0.05) is 6.20 Å². The topological polar surface area (TPSA) is 26.1 Å². The van der Waals surface area contributed by atoms with E-state index in [0.29, 0.717) is 0 Å². The van der Waals surface area contributed by atoms with Crippen LogP contribution in [0.5, 0.6) is 0 Å². The van der Waals surface area contributed by atoms with Gasteiger partial charge in [-0.3, -0.25) is 0 Å². The van der Waals surface area contributed by atoms with E-state index in [1.165, 1.54) is 0 Å². The minimum absolute atomic E-state index is 0.833. The Balaban J connectivity index is 2.32. The van der Waals surface area contributed by atoms with Crippen molar-refractivity contribution in [2.45, 2.75) is 0 Å². The van der Waals surface area contributed by atoms with Crippen LogP contribution in [-0.2, 0) is 0 Å². The number of hydrogen-bond donors (Lipinski definition) is 1. The van der Waals surface area contributed by atoms with Crippen LogP contribution in [0, 0.1) is 0 Å². The molecule has 1 aliphatic heterocycles. The molecular weight excluding hydrogens is 64.0 g/mol. The van der Waals surface area contributed by atoms with Crippen molar-refractivity contribution in [3.8, 4) is 0 Å². The maximum Gasteiger partial charge on any atom is 0.0556 e. The van der Waals surface area contributed by atoms with Gasteiger partial charge in [-0.05, 0) is 6.08 Å². The van der Waals surface area contributed by atoms with Gasteiger partial charge in [-0.2, -0.15) is 0 Å². The molecule has 27 valence electrons. The zero-order chi connectivity index (χ0) is 3.54. The van der Waals surface area contributed by atoms with Gasteiger partial charge < -0.3 is 5.43 Å². The summed E-state index contributed by atoms with van der Waals surface area (Å²) in [6.07, 6.45) is 3.78. The summed E-state index contributed by atoms with van der Waals surface area (Å²) in [6, 6.07) is 0. The highest BCUT2D eigenvalue weighted by Crippen LogP contribution is 1.70. The Bertz CT molecular complexity index is 42.9. The molecule has 0 saturated heterocycles. The summed E-state index contributed by atoms with van der Waals surface area (Å²) in [7, 11) is 0. The first-order valence-corrected chi connectivity index (χ1v) is 1.57. The molecule has 2 heteroatoms. The molecule has 1 radical (unpaired) electrons. The lowest BCUT2D eigenvalue weighted by Crippen LogP contribution is -2.10. The smallest absolute Gasteiger partial charge is 0.0556 e. The summed E-state index contributed by atoms with van der Waals surface area (Å²) in [6.45, 7) is 0.833. The van der Waals surface area contributed by atoms with Crippen LogP contribution in [0.3, 0.4) is 0 Å². The third-order valence-electron chi connectivity index (χ3n) is 0.480. The third-order valence-corrected chi connectivity index (χ3v) is 0.480. The van der Waals surface area contributed by atoms with Crippen LogP contribution in [0.1, 0.15) is 0 Å². The number of rotatable bonds is 0. The molecule has 0 aromatic carbocycles. The highest BCUT2D eigenvalue weighted by molar-refractivity contribution is 4.85. The Morgan fingerprint density at radius 1 is 1.80 bits per heavy atom. The fourth-order valence-corrected chi connectivity index (χ4v) is 0.264. The quantitative estimate of drug-likeness (QED) is 0.412. The van der Waals surface area contributed by atoms with E-state index in [1.807, 2.05) is 12.3 Å². The SMILES string of the molecule is C1=CN[N]C1. The van der Waals surface area contributed by atoms with Gasteiger partial charge in [-0.1, -0.05) is 0 Å². The summed E-state index contributed by atoms with van der Waals surface area (Å²) in [5.41, 5.74) is 6.39. The number of hydrogen-bond acceptors (Lipinski definition) is 1. The monoisotopic (exact) mass is 69.0 g/mol. The molecule has 1 rings (SSSR count). The number of nitrogens with zero attached hydrogens (tertiary/aromatic N) is 1. The van der Waals surface area contributed by atoms with Crippen molar-refractivity contribution in [3.05, 3.63) is 12.3 Å². The van der Waals surface area contributed by atoms with Gasteiger partial charge in [-0.25, -0.2) is 0 Å². The van der Waals surface area contributed by atoms with Gasteiger partial charge in [0.05, 0.1) is 6.54 Å². The van der Waals surface area contributed by atoms with Gasteiger partial charge in [0.2, 0.25) is 0 Å². The molecule has 0 aromatic rings. The average Bonchev–Trinajstić information content (AvgIpc) is 1.76. The Kier molecular flexibility index (Phi) is 0.588. The lowest BCUT2D eigenvalue weighted by Gasteiger charge is -1.78. The predicted octanol–water partition coefficient (Wildman–Crippen LogP) is -0.377. The van der Waals surface area contributed by atoms with Gasteiger partial charge in [0.25, 0.3) is 0 Å². The second-order valence-corrected chi connectivity index (χ2v) is 0.872. The van der Waals surface area contributed by atoms with Crippen LogP contribution in [0.2, 0.25) is 0 Å². The fraction of sp³-hybridized carbons (Fsp3) is 0.333. The van der Waals surface area contributed by atoms with Crippen LogP contribution >= 0.6 is 0 Å². The van der Waals surface area contributed by atoms with Crippen molar-refractivity contribution in [2.75, 3.05) is 6.54 Å². The largest absolute Gasteiger partial charge is 0.311 e. The second-order valence-electron chi connectivity index (χ2n) is 0.872. The van der Waals surface area contributed by atoms with E-state index in [4.69, 9.17) is 0 Å². The first-order chi connectivity index (χ1) is 2.50. The molecule has 1 N–H and O–H groups in total. The van der Waals surface area contributed by atoms with E-state index in [2.05, 4.69) is 10.9 Å². The van der Waals surface area contributed by atoms with E-state index in [-0.39, 0.29) is 0 Å². The van der Waals surface area contributed by atoms with E-state index in [0.717, 1.165) is 6.54 Å². The van der Waals surface area contributed by atoms with Gasteiger partial charge in [0.15, 0.2) is 0 Å². The predicted molar refractivity (Wildman–Crippen MR) is 19.3 cm³/mol. The van der Waals surface area contributed by atoms with Gasteiger partial charge >= 0.3 is 0 Å². The van der Waals surface area contributed by atoms with Gasteiger partial charge in [0.1, 0.15) is 0 Å². The van der Waals surface area contributed by atoms with Gasteiger partial charge in [-0.15, -0.1) is 5.43 Å². The fourth-order valence-electron chi connectivity index (χ4n) is 0.264. The first kappa shape index (κ1) is 2.72. The first-order valence-electron chi connectivity index (χ1n) is 1.57. The van der Waals surface area contributed by atoms with Crippen molar-refractivity contribution in [2.24, 2.45) is 0 Å². The van der Waals surface area contributed by atoms with Crippen LogP contribution < -0.4 is 10.9 Å². The summed E-state index contributed by atoms with van der Waals surface area (Å²) < 4.78 is 0. The average molecular weight is 69.1 g/mol. The van der Waals surface area contributed by atoms with E-state index in [1.54, 1.807) is 0 Å². The van der Waals surface area contributed by atoms with Crippen LogP contribution in [0.4, 0.5) is 0 Å². The maximum absolute atomic E-state index is 3.72. The van der Waals surface area contributed by atoms with Crippen molar-refractivity contribution < 1.29 is 0 Å². The molecule has 0 spiro atoms. The normalized spacial score (nSPS) is 19.2. The maximum atomic E-state index is 3.72. The molecule has 0 aliphatic carbocycles. The molecule has 0 saturated carbocycles. The van der Waals surface area contributed by atoms with Crippen LogP contribution in [0.15, 0.2) is 12.3 Å². The number of nitrogens with one attached hydrogen (secondary N) is 1. The molecule has 0 atom stereocenters. The Morgan fingerprint density at radius 2 is 2.80 bits per heavy atom. The molecular formula is C3H5N2. The molecule has 1 aliphatic rings. The van der Waals surface area contributed by atoms with Crippen LogP contribution in [0.25, 0.3) is 0 Å². The molecule has 2 nitrogen and oxygen atoms in total. The minimum Gasteiger partial charge on any atom is -0.311 e. The summed E-state index contributed by atoms with van der Waals surface area (Å²) in [5.74, 6) is 0. The van der Waals surface area contributed by atoms with Crippen molar-refractivity contribution >= 4 is 0 Å². The minimum atomic E-state index is 0.833. The van der Waals surface area contributed by atoms with Crippen molar-refractivity contribution in [1.82, 2.24) is 10.9 Å². The Morgan fingerprint density at radius 3 is 3.00 bits per heavy atom. The molecule has 0 bridgehead atoms. The highest BCUT2D eigenvalue weighted by atomic mass is 15.4.